The van der Waals surface area contributed by atoms with Crippen molar-refractivity contribution in [2.24, 2.45) is 0 Å². The number of methoxy groups -OCH3 is 1. The molecule has 5 heteroatoms. The van der Waals surface area contributed by atoms with Crippen LogP contribution in [0.2, 0.25) is 0 Å². The summed E-state index contributed by atoms with van der Waals surface area (Å²) in [6, 6.07) is 15.1. The predicted molar refractivity (Wildman–Crippen MR) is 94.6 cm³/mol. The molecule has 1 unspecified atom stereocenters. The summed E-state index contributed by atoms with van der Waals surface area (Å²) in [7, 11) is 1.62. The molecule has 128 valence electrons. The van der Waals surface area contributed by atoms with Crippen molar-refractivity contribution in [1.82, 2.24) is 10.6 Å². The summed E-state index contributed by atoms with van der Waals surface area (Å²) in [6.07, 6.45) is 0. The number of ether oxygens (including phenoxy) is 2. The van der Waals surface area contributed by atoms with Gasteiger partial charge < -0.3 is 20.1 Å². The Morgan fingerprint density at radius 3 is 2.42 bits per heavy atom. The third-order valence-electron chi connectivity index (χ3n) is 3.72. The maximum atomic E-state index is 11.9. The topological polar surface area (TPSA) is 59.6 Å². The number of hydrogen-bond donors (Lipinski definition) is 2. The fourth-order valence-corrected chi connectivity index (χ4v) is 2.40. The largest absolute Gasteiger partial charge is 0.497 e. The lowest BCUT2D eigenvalue weighted by Gasteiger charge is -2.17. The van der Waals surface area contributed by atoms with Gasteiger partial charge in [0.1, 0.15) is 18.1 Å². The second-order valence-electron chi connectivity index (χ2n) is 5.50. The van der Waals surface area contributed by atoms with Crippen LogP contribution in [-0.4, -0.2) is 26.3 Å². The third kappa shape index (κ3) is 5.19. The fraction of sp³-hybridized carbons (Fsp3) is 0.316. The number of urea groups is 1. The minimum atomic E-state index is -0.205. The van der Waals surface area contributed by atoms with Gasteiger partial charge in [-0.2, -0.15) is 0 Å². The summed E-state index contributed by atoms with van der Waals surface area (Å²) in [4.78, 5) is 11.9. The molecule has 0 bridgehead atoms. The molecule has 1 atom stereocenters. The molecule has 0 heterocycles. The van der Waals surface area contributed by atoms with Gasteiger partial charge in [0.05, 0.1) is 19.7 Å². The van der Waals surface area contributed by atoms with E-state index in [1.807, 2.05) is 62.4 Å². The summed E-state index contributed by atoms with van der Waals surface area (Å²) in [5.41, 5.74) is 2.27. The molecule has 2 rings (SSSR count). The normalized spacial score (nSPS) is 11.5. The van der Waals surface area contributed by atoms with E-state index in [2.05, 4.69) is 10.6 Å². The van der Waals surface area contributed by atoms with Gasteiger partial charge in [-0.1, -0.05) is 24.3 Å². The van der Waals surface area contributed by atoms with Crippen LogP contribution in [-0.2, 0) is 0 Å². The lowest BCUT2D eigenvalue weighted by atomic mass is 10.0. The molecule has 2 aromatic carbocycles. The zero-order valence-corrected chi connectivity index (χ0v) is 14.3. The Morgan fingerprint density at radius 2 is 1.75 bits per heavy atom. The predicted octanol–water partition coefficient (Wildman–Crippen LogP) is 3.44. The van der Waals surface area contributed by atoms with Crippen molar-refractivity contribution in [2.45, 2.75) is 19.9 Å². The number of benzene rings is 2. The number of carbonyl (C=O) groups is 1. The van der Waals surface area contributed by atoms with E-state index < -0.39 is 0 Å². The molecule has 0 fully saturated rings. The van der Waals surface area contributed by atoms with Crippen LogP contribution in [0, 0.1) is 6.92 Å². The van der Waals surface area contributed by atoms with Crippen molar-refractivity contribution in [2.75, 3.05) is 20.3 Å². The van der Waals surface area contributed by atoms with Crippen molar-refractivity contribution < 1.29 is 14.3 Å². The van der Waals surface area contributed by atoms with E-state index in [4.69, 9.17) is 9.47 Å². The molecule has 2 aromatic rings. The Morgan fingerprint density at radius 1 is 1.08 bits per heavy atom. The van der Waals surface area contributed by atoms with Gasteiger partial charge in [0.25, 0.3) is 0 Å². The van der Waals surface area contributed by atoms with Crippen LogP contribution >= 0.6 is 0 Å². The van der Waals surface area contributed by atoms with E-state index >= 15 is 0 Å². The van der Waals surface area contributed by atoms with Gasteiger partial charge in [-0.3, -0.25) is 0 Å². The molecule has 0 radical (unpaired) electrons. The molecule has 0 spiro atoms. The molecule has 0 saturated heterocycles. The van der Waals surface area contributed by atoms with Crippen molar-refractivity contribution in [3.05, 3.63) is 59.7 Å². The van der Waals surface area contributed by atoms with E-state index in [-0.39, 0.29) is 12.1 Å². The Kier molecular flexibility index (Phi) is 6.49. The number of rotatable bonds is 7. The van der Waals surface area contributed by atoms with E-state index in [9.17, 15) is 4.79 Å². The molecule has 2 amide bonds. The number of aryl methyl sites for hydroxylation is 1. The molecular weight excluding hydrogens is 304 g/mol. The van der Waals surface area contributed by atoms with Crippen LogP contribution in [0.5, 0.6) is 11.5 Å². The van der Waals surface area contributed by atoms with Gasteiger partial charge in [0.2, 0.25) is 0 Å². The SMILES string of the molecule is COc1ccc(OCCNC(=O)NC(C)c2ccccc2C)cc1. The molecule has 0 aliphatic rings. The summed E-state index contributed by atoms with van der Waals surface area (Å²) in [5.74, 6) is 1.52. The molecule has 2 N–H and O–H groups in total. The molecule has 24 heavy (non-hydrogen) atoms. The van der Waals surface area contributed by atoms with Crippen LogP contribution in [0.3, 0.4) is 0 Å². The van der Waals surface area contributed by atoms with Crippen molar-refractivity contribution in [1.29, 1.82) is 0 Å². The average Bonchev–Trinajstić information content (AvgIpc) is 2.59. The fourth-order valence-electron chi connectivity index (χ4n) is 2.40. The minimum Gasteiger partial charge on any atom is -0.497 e. The first-order chi connectivity index (χ1) is 11.6. The Labute approximate surface area is 143 Å². The number of carbonyl (C=O) groups excluding carboxylic acids is 1. The maximum Gasteiger partial charge on any atom is 0.315 e. The summed E-state index contributed by atoms with van der Waals surface area (Å²) >= 11 is 0. The highest BCUT2D eigenvalue weighted by Crippen LogP contribution is 2.17. The number of nitrogens with one attached hydrogen (secondary N) is 2. The van der Waals surface area contributed by atoms with Gasteiger partial charge in [0, 0.05) is 0 Å². The summed E-state index contributed by atoms with van der Waals surface area (Å²) < 4.78 is 10.7. The van der Waals surface area contributed by atoms with Crippen LogP contribution in [0.15, 0.2) is 48.5 Å². The Bertz CT molecular complexity index is 656. The van der Waals surface area contributed by atoms with Gasteiger partial charge in [-0.15, -0.1) is 0 Å². The van der Waals surface area contributed by atoms with Crippen LogP contribution in [0.25, 0.3) is 0 Å². The molecular formula is C19H24N2O3. The highest BCUT2D eigenvalue weighted by molar-refractivity contribution is 5.74. The molecule has 0 aliphatic carbocycles. The molecule has 0 aliphatic heterocycles. The minimum absolute atomic E-state index is 0.0475. The number of hydrogen-bond acceptors (Lipinski definition) is 3. The monoisotopic (exact) mass is 328 g/mol. The second-order valence-corrected chi connectivity index (χ2v) is 5.50. The van der Waals surface area contributed by atoms with Crippen LogP contribution < -0.4 is 20.1 Å². The summed E-state index contributed by atoms with van der Waals surface area (Å²) in [5, 5.41) is 5.72. The van der Waals surface area contributed by atoms with Gasteiger partial charge in [-0.25, -0.2) is 4.79 Å². The summed E-state index contributed by atoms with van der Waals surface area (Å²) in [6.45, 7) is 4.83. The van der Waals surface area contributed by atoms with Crippen LogP contribution in [0.4, 0.5) is 4.79 Å². The first-order valence-electron chi connectivity index (χ1n) is 7.97. The zero-order valence-electron chi connectivity index (χ0n) is 14.3. The quantitative estimate of drug-likeness (QED) is 0.766. The third-order valence-corrected chi connectivity index (χ3v) is 3.72. The lowest BCUT2D eigenvalue weighted by Crippen LogP contribution is -2.39. The van der Waals surface area contributed by atoms with E-state index in [0.29, 0.717) is 13.2 Å². The van der Waals surface area contributed by atoms with E-state index in [0.717, 1.165) is 22.6 Å². The van der Waals surface area contributed by atoms with Crippen molar-refractivity contribution in [3.63, 3.8) is 0 Å². The van der Waals surface area contributed by atoms with Gasteiger partial charge in [-0.05, 0) is 49.2 Å². The smallest absolute Gasteiger partial charge is 0.315 e. The van der Waals surface area contributed by atoms with Gasteiger partial charge >= 0.3 is 6.03 Å². The van der Waals surface area contributed by atoms with Crippen molar-refractivity contribution >= 4 is 6.03 Å². The lowest BCUT2D eigenvalue weighted by molar-refractivity contribution is 0.233. The highest BCUT2D eigenvalue weighted by atomic mass is 16.5. The van der Waals surface area contributed by atoms with Crippen molar-refractivity contribution in [3.8, 4) is 11.5 Å². The number of amides is 2. The standard InChI is InChI=1S/C19H24N2O3/c1-14-6-4-5-7-18(14)15(2)21-19(22)20-12-13-24-17-10-8-16(23-3)9-11-17/h4-11,15H,12-13H2,1-3H3,(H2,20,21,22). The van der Waals surface area contributed by atoms with E-state index in [1.54, 1.807) is 7.11 Å². The van der Waals surface area contributed by atoms with Gasteiger partial charge in [0.15, 0.2) is 0 Å². The second kappa shape index (κ2) is 8.82. The molecule has 5 nitrogen and oxygen atoms in total. The maximum absolute atomic E-state index is 11.9. The highest BCUT2D eigenvalue weighted by Gasteiger charge is 2.10. The first kappa shape index (κ1) is 17.7. The average molecular weight is 328 g/mol. The van der Waals surface area contributed by atoms with Crippen LogP contribution in [0.1, 0.15) is 24.1 Å². The Hall–Kier alpha value is -2.69. The molecule has 0 saturated carbocycles. The first-order valence-corrected chi connectivity index (χ1v) is 7.97. The molecule has 0 aromatic heterocycles. The van der Waals surface area contributed by atoms with E-state index in [1.165, 1.54) is 0 Å². The Balaban J connectivity index is 1.70. The zero-order chi connectivity index (χ0) is 17.4.